The molecule has 1 heterocycles. The normalized spacial score (nSPS) is 11.2. The van der Waals surface area contributed by atoms with Crippen LogP contribution in [0.2, 0.25) is 0 Å². The average molecular weight is 281 g/mol. The summed E-state index contributed by atoms with van der Waals surface area (Å²) in [6, 6.07) is 5.12. The van der Waals surface area contributed by atoms with Crippen molar-refractivity contribution in [3.63, 3.8) is 0 Å². The molecule has 1 aromatic heterocycles. The summed E-state index contributed by atoms with van der Waals surface area (Å²) in [5, 5.41) is 12.7. The van der Waals surface area contributed by atoms with E-state index in [1.165, 1.54) is 35.3 Å². The largest absolute Gasteiger partial charge is 0.478 e. The van der Waals surface area contributed by atoms with Gasteiger partial charge in [-0.1, -0.05) is 6.07 Å². The van der Waals surface area contributed by atoms with Crippen molar-refractivity contribution in [3.05, 3.63) is 42.2 Å². The van der Waals surface area contributed by atoms with Crippen LogP contribution in [-0.4, -0.2) is 29.3 Å². The molecule has 0 spiro atoms. The molecule has 0 radical (unpaired) electrons. The highest BCUT2D eigenvalue weighted by atomic mass is 32.2. The molecule has 8 heteroatoms. The fraction of sp³-hybridized carbons (Fsp3) is 0.0909. The van der Waals surface area contributed by atoms with E-state index >= 15 is 0 Å². The summed E-state index contributed by atoms with van der Waals surface area (Å²) in [7, 11) is -2.17. The molecule has 19 heavy (non-hydrogen) atoms. The van der Waals surface area contributed by atoms with Crippen LogP contribution in [0.5, 0.6) is 0 Å². The zero-order valence-corrected chi connectivity index (χ0v) is 10.8. The molecule has 0 aliphatic rings. The van der Waals surface area contributed by atoms with Crippen molar-refractivity contribution in [1.82, 2.24) is 9.78 Å². The van der Waals surface area contributed by atoms with Crippen LogP contribution >= 0.6 is 0 Å². The van der Waals surface area contributed by atoms with E-state index in [-0.39, 0.29) is 10.5 Å². The van der Waals surface area contributed by atoms with E-state index in [4.69, 9.17) is 5.11 Å². The summed E-state index contributed by atoms with van der Waals surface area (Å²) in [6.07, 6.45) is 2.86. The summed E-state index contributed by atoms with van der Waals surface area (Å²) in [6.45, 7) is 0. The molecule has 2 N–H and O–H groups in total. The van der Waals surface area contributed by atoms with Gasteiger partial charge in [0.05, 0.1) is 22.3 Å². The molecule has 0 bridgehead atoms. The van der Waals surface area contributed by atoms with Gasteiger partial charge in [-0.05, 0) is 18.2 Å². The number of sulfonamides is 1. The van der Waals surface area contributed by atoms with E-state index in [1.807, 2.05) is 0 Å². The predicted octanol–water partition coefficient (Wildman–Crippen LogP) is 0.919. The van der Waals surface area contributed by atoms with Gasteiger partial charge in [-0.2, -0.15) is 5.10 Å². The van der Waals surface area contributed by atoms with Gasteiger partial charge in [-0.15, -0.1) is 0 Å². The van der Waals surface area contributed by atoms with E-state index in [2.05, 4.69) is 9.82 Å². The van der Waals surface area contributed by atoms with E-state index < -0.39 is 16.0 Å². The number of carboxylic acids is 1. The topological polar surface area (TPSA) is 101 Å². The first-order valence-electron chi connectivity index (χ1n) is 5.23. The summed E-state index contributed by atoms with van der Waals surface area (Å²) < 4.78 is 27.9. The van der Waals surface area contributed by atoms with Crippen LogP contribution in [0.25, 0.3) is 0 Å². The van der Waals surface area contributed by atoms with Crippen LogP contribution in [-0.2, 0) is 17.1 Å². The second-order valence-corrected chi connectivity index (χ2v) is 5.52. The molecule has 0 amide bonds. The summed E-state index contributed by atoms with van der Waals surface area (Å²) in [4.78, 5) is 10.7. The van der Waals surface area contributed by atoms with Crippen molar-refractivity contribution in [2.45, 2.75) is 4.90 Å². The van der Waals surface area contributed by atoms with Crippen molar-refractivity contribution >= 4 is 21.7 Å². The summed E-state index contributed by atoms with van der Waals surface area (Å²) in [5.41, 5.74) is 0.220. The Morgan fingerprint density at radius 2 is 2.16 bits per heavy atom. The minimum atomic E-state index is -3.82. The van der Waals surface area contributed by atoms with Gasteiger partial charge in [0.1, 0.15) is 0 Å². The number of carbonyl (C=O) groups is 1. The molecular formula is C11H11N3O4S. The first-order valence-corrected chi connectivity index (χ1v) is 6.71. The summed E-state index contributed by atoms with van der Waals surface area (Å²) >= 11 is 0. The average Bonchev–Trinajstić information content (AvgIpc) is 2.74. The molecule has 1 aromatic carbocycles. The minimum Gasteiger partial charge on any atom is -0.478 e. The Kier molecular flexibility index (Phi) is 3.26. The highest BCUT2D eigenvalue weighted by Gasteiger charge is 2.16. The second-order valence-electron chi connectivity index (χ2n) is 3.84. The lowest BCUT2D eigenvalue weighted by molar-refractivity contribution is 0.0696. The Bertz CT molecular complexity index is 721. The van der Waals surface area contributed by atoms with Crippen LogP contribution in [0, 0.1) is 0 Å². The van der Waals surface area contributed by atoms with Gasteiger partial charge in [0.2, 0.25) is 0 Å². The van der Waals surface area contributed by atoms with Gasteiger partial charge < -0.3 is 5.11 Å². The number of rotatable bonds is 4. The Morgan fingerprint density at radius 3 is 2.74 bits per heavy atom. The Balaban J connectivity index is 2.34. The monoisotopic (exact) mass is 281 g/mol. The molecular weight excluding hydrogens is 270 g/mol. The van der Waals surface area contributed by atoms with E-state index in [1.54, 1.807) is 7.05 Å². The number of aryl methyl sites for hydroxylation is 1. The lowest BCUT2D eigenvalue weighted by Gasteiger charge is -2.06. The fourth-order valence-electron chi connectivity index (χ4n) is 1.48. The summed E-state index contributed by atoms with van der Waals surface area (Å²) in [5.74, 6) is -1.18. The number of carboxylic acid groups (broad SMARTS) is 1. The minimum absolute atomic E-state index is 0.0888. The maximum absolute atomic E-state index is 12.0. The van der Waals surface area contributed by atoms with Crippen LogP contribution in [0.15, 0.2) is 41.6 Å². The van der Waals surface area contributed by atoms with Crippen LogP contribution in [0.1, 0.15) is 10.4 Å². The standard InChI is InChI=1S/C11H11N3O4S/c1-14-7-9(6-12-14)13-19(17,18)10-4-2-3-8(5-10)11(15)16/h2-7,13H,1H3,(H,15,16). The maximum atomic E-state index is 12.0. The van der Waals surface area contributed by atoms with Crippen LogP contribution < -0.4 is 4.72 Å². The number of aromatic nitrogens is 2. The molecule has 0 unspecified atom stereocenters. The highest BCUT2D eigenvalue weighted by molar-refractivity contribution is 7.92. The van der Waals surface area contributed by atoms with Gasteiger partial charge in [-0.25, -0.2) is 13.2 Å². The molecule has 2 rings (SSSR count). The number of hydrogen-bond donors (Lipinski definition) is 2. The lowest BCUT2D eigenvalue weighted by Crippen LogP contribution is -2.13. The van der Waals surface area contributed by atoms with Crippen LogP contribution in [0.4, 0.5) is 5.69 Å². The van der Waals surface area contributed by atoms with E-state index in [0.717, 1.165) is 6.07 Å². The molecule has 7 nitrogen and oxygen atoms in total. The van der Waals surface area contributed by atoms with Gasteiger partial charge in [0, 0.05) is 13.2 Å². The van der Waals surface area contributed by atoms with Gasteiger partial charge in [-0.3, -0.25) is 9.40 Å². The third kappa shape index (κ3) is 2.91. The SMILES string of the molecule is Cn1cc(NS(=O)(=O)c2cccc(C(=O)O)c2)cn1. The molecule has 0 saturated heterocycles. The molecule has 0 atom stereocenters. The van der Waals surface area contributed by atoms with Crippen molar-refractivity contribution in [1.29, 1.82) is 0 Å². The molecule has 0 aliphatic carbocycles. The van der Waals surface area contributed by atoms with Gasteiger partial charge >= 0.3 is 5.97 Å². The number of nitrogens with one attached hydrogen (secondary N) is 1. The highest BCUT2D eigenvalue weighted by Crippen LogP contribution is 2.16. The Hall–Kier alpha value is -2.35. The van der Waals surface area contributed by atoms with Crippen molar-refractivity contribution in [2.24, 2.45) is 7.05 Å². The van der Waals surface area contributed by atoms with E-state index in [0.29, 0.717) is 5.69 Å². The zero-order chi connectivity index (χ0) is 14.0. The smallest absolute Gasteiger partial charge is 0.335 e. The second kappa shape index (κ2) is 4.73. The van der Waals surface area contributed by atoms with Crippen LogP contribution in [0.3, 0.4) is 0 Å². The van der Waals surface area contributed by atoms with Crippen molar-refractivity contribution in [2.75, 3.05) is 4.72 Å². The molecule has 100 valence electrons. The first kappa shape index (κ1) is 13.1. The number of aromatic carboxylic acids is 1. The van der Waals surface area contributed by atoms with Gasteiger partial charge in [0.25, 0.3) is 10.0 Å². The number of benzene rings is 1. The van der Waals surface area contributed by atoms with Crippen molar-refractivity contribution < 1.29 is 18.3 Å². The zero-order valence-electron chi connectivity index (χ0n) is 9.94. The van der Waals surface area contributed by atoms with E-state index in [9.17, 15) is 13.2 Å². The Labute approximate surface area is 109 Å². The fourth-order valence-corrected chi connectivity index (χ4v) is 2.56. The third-order valence-corrected chi connectivity index (χ3v) is 3.73. The predicted molar refractivity (Wildman–Crippen MR) is 67.4 cm³/mol. The first-order chi connectivity index (χ1) is 8.88. The number of nitrogens with zero attached hydrogens (tertiary/aromatic N) is 2. The molecule has 0 aliphatic heterocycles. The lowest BCUT2D eigenvalue weighted by atomic mass is 10.2. The molecule has 0 saturated carbocycles. The van der Waals surface area contributed by atoms with Crippen molar-refractivity contribution in [3.8, 4) is 0 Å². The number of hydrogen-bond acceptors (Lipinski definition) is 4. The molecule has 2 aromatic rings. The quantitative estimate of drug-likeness (QED) is 0.867. The number of anilines is 1. The third-order valence-electron chi connectivity index (χ3n) is 2.35. The molecule has 0 fully saturated rings. The maximum Gasteiger partial charge on any atom is 0.335 e. The van der Waals surface area contributed by atoms with Gasteiger partial charge in [0.15, 0.2) is 0 Å². The Morgan fingerprint density at radius 1 is 1.42 bits per heavy atom.